The fourth-order valence-electron chi connectivity index (χ4n) is 1.67. The summed E-state index contributed by atoms with van der Waals surface area (Å²) < 4.78 is 0. The van der Waals surface area contributed by atoms with Crippen LogP contribution in [0.4, 0.5) is 0 Å². The molecule has 0 unspecified atom stereocenters. The van der Waals surface area contributed by atoms with Crippen LogP contribution in [0.15, 0.2) is 47.3 Å². The van der Waals surface area contributed by atoms with Gasteiger partial charge in [-0.2, -0.15) is 11.3 Å². The highest BCUT2D eigenvalue weighted by Gasteiger charge is 2.05. The minimum atomic E-state index is 0.731. The molecular weight excluding hydrogens is 252 g/mol. The van der Waals surface area contributed by atoms with Crippen LogP contribution in [0.3, 0.4) is 0 Å². The number of nitrogens with one attached hydrogen (secondary N) is 1. The molecule has 0 atom stereocenters. The van der Waals surface area contributed by atoms with E-state index in [0.717, 1.165) is 27.7 Å². The number of nitrogens with zero attached hydrogens (tertiary/aromatic N) is 1. The number of halogens is 1. The van der Waals surface area contributed by atoms with Crippen LogP contribution in [0.1, 0.15) is 0 Å². The minimum absolute atomic E-state index is 0.731. The Bertz CT molecular complexity index is 628. The fraction of sp³-hybridized carbons (Fsp3) is 0. The highest BCUT2D eigenvalue weighted by Crippen LogP contribution is 2.25. The monoisotopic (exact) mass is 260 g/mol. The van der Waals surface area contributed by atoms with Crippen LogP contribution in [0.5, 0.6) is 0 Å². The van der Waals surface area contributed by atoms with Gasteiger partial charge in [-0.3, -0.25) is 0 Å². The van der Waals surface area contributed by atoms with Crippen molar-refractivity contribution in [2.45, 2.75) is 0 Å². The van der Waals surface area contributed by atoms with Crippen molar-refractivity contribution in [2.75, 3.05) is 0 Å². The molecule has 17 heavy (non-hydrogen) atoms. The van der Waals surface area contributed by atoms with Crippen LogP contribution >= 0.6 is 22.9 Å². The molecular formula is C13H9ClN2S. The molecule has 4 heteroatoms. The molecule has 2 aromatic heterocycles. The third kappa shape index (κ3) is 2.12. The van der Waals surface area contributed by atoms with Gasteiger partial charge in [0.05, 0.1) is 11.9 Å². The van der Waals surface area contributed by atoms with Gasteiger partial charge in [0.1, 0.15) is 5.82 Å². The van der Waals surface area contributed by atoms with Crippen LogP contribution < -0.4 is 0 Å². The number of aromatic nitrogens is 2. The molecule has 0 bridgehead atoms. The lowest BCUT2D eigenvalue weighted by Gasteiger charge is -1.97. The van der Waals surface area contributed by atoms with Gasteiger partial charge in [-0.05, 0) is 23.6 Å². The zero-order valence-electron chi connectivity index (χ0n) is 8.85. The summed E-state index contributed by atoms with van der Waals surface area (Å²) in [5.74, 6) is 0.890. The molecule has 0 spiro atoms. The van der Waals surface area contributed by atoms with Gasteiger partial charge in [0.15, 0.2) is 0 Å². The molecule has 84 valence electrons. The molecule has 1 aromatic carbocycles. The van der Waals surface area contributed by atoms with Gasteiger partial charge in [-0.15, -0.1) is 0 Å². The quantitative estimate of drug-likeness (QED) is 0.724. The van der Waals surface area contributed by atoms with Gasteiger partial charge in [0.2, 0.25) is 0 Å². The fourth-order valence-corrected chi connectivity index (χ4v) is 2.50. The Balaban J connectivity index is 2.01. The first-order valence-corrected chi connectivity index (χ1v) is 6.48. The summed E-state index contributed by atoms with van der Waals surface area (Å²) in [5, 5.41) is 4.84. The van der Waals surface area contributed by atoms with Crippen LogP contribution in [0, 0.1) is 0 Å². The van der Waals surface area contributed by atoms with Gasteiger partial charge in [-0.25, -0.2) is 4.98 Å². The zero-order valence-corrected chi connectivity index (χ0v) is 10.4. The number of rotatable bonds is 2. The van der Waals surface area contributed by atoms with Crippen LogP contribution in [0.25, 0.3) is 22.6 Å². The maximum atomic E-state index is 5.97. The van der Waals surface area contributed by atoms with Crippen molar-refractivity contribution in [3.63, 3.8) is 0 Å². The Morgan fingerprint density at radius 1 is 1.18 bits per heavy atom. The number of thiophene rings is 1. The topological polar surface area (TPSA) is 28.7 Å². The molecule has 1 N–H and O–H groups in total. The molecule has 0 saturated heterocycles. The lowest BCUT2D eigenvalue weighted by molar-refractivity contribution is 1.32. The van der Waals surface area contributed by atoms with E-state index in [9.17, 15) is 0 Å². The van der Waals surface area contributed by atoms with E-state index in [2.05, 4.69) is 15.3 Å². The van der Waals surface area contributed by atoms with E-state index in [1.807, 2.05) is 41.9 Å². The van der Waals surface area contributed by atoms with Gasteiger partial charge in [0.25, 0.3) is 0 Å². The van der Waals surface area contributed by atoms with Crippen LogP contribution in [-0.4, -0.2) is 9.97 Å². The van der Waals surface area contributed by atoms with Gasteiger partial charge < -0.3 is 4.98 Å². The van der Waals surface area contributed by atoms with E-state index >= 15 is 0 Å². The lowest BCUT2D eigenvalue weighted by Crippen LogP contribution is -1.78. The molecule has 0 aliphatic carbocycles. The third-order valence-corrected chi connectivity index (χ3v) is 3.42. The first kappa shape index (κ1) is 10.6. The van der Waals surface area contributed by atoms with Crippen LogP contribution in [0.2, 0.25) is 5.02 Å². The summed E-state index contributed by atoms with van der Waals surface area (Å²) in [7, 11) is 0. The molecule has 3 aromatic rings. The minimum Gasteiger partial charge on any atom is -0.338 e. The van der Waals surface area contributed by atoms with Crippen molar-refractivity contribution in [1.29, 1.82) is 0 Å². The number of imidazole rings is 1. The van der Waals surface area contributed by atoms with Gasteiger partial charge in [0, 0.05) is 21.5 Å². The van der Waals surface area contributed by atoms with Crippen molar-refractivity contribution in [1.82, 2.24) is 9.97 Å². The maximum Gasteiger partial charge on any atom is 0.138 e. The molecule has 3 rings (SSSR count). The SMILES string of the molecule is Clc1cccc(-c2cnc(-c3ccsc3)[nH]2)c1. The van der Waals surface area contributed by atoms with E-state index in [-0.39, 0.29) is 0 Å². The largest absolute Gasteiger partial charge is 0.338 e. The van der Waals surface area contributed by atoms with E-state index in [0.29, 0.717) is 0 Å². The summed E-state index contributed by atoms with van der Waals surface area (Å²) in [6.45, 7) is 0. The number of aromatic amines is 1. The molecule has 0 fully saturated rings. The highest BCUT2D eigenvalue weighted by molar-refractivity contribution is 7.08. The average Bonchev–Trinajstić information content (AvgIpc) is 3.00. The summed E-state index contributed by atoms with van der Waals surface area (Å²) in [4.78, 5) is 7.67. The Labute approximate surface area is 108 Å². The number of benzene rings is 1. The second kappa shape index (κ2) is 4.35. The standard InChI is InChI=1S/C13H9ClN2S/c14-11-3-1-2-9(6-11)12-7-15-13(16-12)10-4-5-17-8-10/h1-8H,(H,15,16). The predicted octanol–water partition coefficient (Wildman–Crippen LogP) is 4.46. The molecule has 2 nitrogen and oxygen atoms in total. The van der Waals surface area contributed by atoms with Gasteiger partial charge >= 0.3 is 0 Å². The first-order valence-electron chi connectivity index (χ1n) is 5.16. The van der Waals surface area contributed by atoms with E-state index < -0.39 is 0 Å². The van der Waals surface area contributed by atoms with E-state index in [1.165, 1.54) is 0 Å². The van der Waals surface area contributed by atoms with Crippen molar-refractivity contribution in [2.24, 2.45) is 0 Å². The van der Waals surface area contributed by atoms with E-state index in [4.69, 9.17) is 11.6 Å². The maximum absolute atomic E-state index is 5.97. The molecule has 0 amide bonds. The predicted molar refractivity (Wildman–Crippen MR) is 72.3 cm³/mol. The number of hydrogen-bond donors (Lipinski definition) is 1. The van der Waals surface area contributed by atoms with Crippen molar-refractivity contribution in [3.05, 3.63) is 52.3 Å². The summed E-state index contributed by atoms with van der Waals surface area (Å²) in [6.07, 6.45) is 1.83. The van der Waals surface area contributed by atoms with Crippen molar-refractivity contribution in [3.8, 4) is 22.6 Å². The Morgan fingerprint density at radius 2 is 2.12 bits per heavy atom. The Kier molecular flexibility index (Phi) is 2.71. The molecule has 0 radical (unpaired) electrons. The second-order valence-electron chi connectivity index (χ2n) is 3.67. The summed E-state index contributed by atoms with van der Waals surface area (Å²) in [5.41, 5.74) is 3.14. The van der Waals surface area contributed by atoms with Gasteiger partial charge in [-0.1, -0.05) is 23.7 Å². The smallest absolute Gasteiger partial charge is 0.138 e. The van der Waals surface area contributed by atoms with Crippen LogP contribution in [-0.2, 0) is 0 Å². The number of hydrogen-bond acceptors (Lipinski definition) is 2. The Hall–Kier alpha value is -1.58. The van der Waals surface area contributed by atoms with E-state index in [1.54, 1.807) is 11.3 Å². The van der Waals surface area contributed by atoms with Crippen molar-refractivity contribution >= 4 is 22.9 Å². The third-order valence-electron chi connectivity index (χ3n) is 2.51. The highest BCUT2D eigenvalue weighted by atomic mass is 35.5. The lowest BCUT2D eigenvalue weighted by atomic mass is 10.2. The summed E-state index contributed by atoms with van der Waals surface area (Å²) in [6, 6.07) is 9.78. The van der Waals surface area contributed by atoms with Crippen molar-refractivity contribution < 1.29 is 0 Å². The zero-order chi connectivity index (χ0) is 11.7. The second-order valence-corrected chi connectivity index (χ2v) is 4.88. The summed E-state index contributed by atoms with van der Waals surface area (Å²) >= 11 is 7.63. The first-order chi connectivity index (χ1) is 8.33. The molecule has 2 heterocycles. The molecule has 0 saturated carbocycles. The average molecular weight is 261 g/mol. The normalized spacial score (nSPS) is 10.6. The number of H-pyrrole nitrogens is 1. The molecule has 0 aliphatic rings. The Morgan fingerprint density at radius 3 is 2.88 bits per heavy atom. The molecule has 0 aliphatic heterocycles.